The lowest BCUT2D eigenvalue weighted by Crippen LogP contribution is -2.26. The Balaban J connectivity index is 2.29. The number of anilines is 1. The molecule has 3 nitrogen and oxygen atoms in total. The predicted molar refractivity (Wildman–Crippen MR) is 68.6 cm³/mol. The maximum absolute atomic E-state index is 13.1. The van der Waals surface area contributed by atoms with Crippen LogP contribution in [0.15, 0.2) is 18.2 Å². The molecule has 1 aliphatic rings. The zero-order chi connectivity index (χ0) is 13.1. The van der Waals surface area contributed by atoms with E-state index in [-0.39, 0.29) is 5.56 Å². The van der Waals surface area contributed by atoms with E-state index in [4.69, 9.17) is 5.11 Å². The van der Waals surface area contributed by atoms with Gasteiger partial charge in [0.15, 0.2) is 0 Å². The predicted octanol–water partition coefficient (Wildman–Crippen LogP) is 3.15. The fourth-order valence-corrected chi connectivity index (χ4v) is 2.46. The number of nitrogens with zero attached hydrogens (tertiary/aromatic N) is 1. The van der Waals surface area contributed by atoms with E-state index in [1.807, 2.05) is 0 Å². The molecule has 2 rings (SSSR count). The fraction of sp³-hybridized carbons (Fsp3) is 0.500. The summed E-state index contributed by atoms with van der Waals surface area (Å²) in [6.07, 6.45) is 3.27. The SMILES string of the molecule is CC1CCCN(c2ccc(F)cc2C(=O)O)CC1. The molecule has 18 heavy (non-hydrogen) atoms. The third kappa shape index (κ3) is 2.81. The van der Waals surface area contributed by atoms with Crippen LogP contribution in [-0.2, 0) is 0 Å². The Morgan fingerprint density at radius 1 is 1.39 bits per heavy atom. The Bertz CT molecular complexity index is 447. The number of carboxylic acids is 1. The van der Waals surface area contributed by atoms with Gasteiger partial charge in [0, 0.05) is 13.1 Å². The zero-order valence-corrected chi connectivity index (χ0v) is 10.5. The summed E-state index contributed by atoms with van der Waals surface area (Å²) in [4.78, 5) is 13.2. The molecule has 0 aliphatic carbocycles. The highest BCUT2D eigenvalue weighted by molar-refractivity contribution is 5.94. The minimum Gasteiger partial charge on any atom is -0.478 e. The van der Waals surface area contributed by atoms with Crippen molar-refractivity contribution in [3.63, 3.8) is 0 Å². The molecule has 1 aromatic carbocycles. The van der Waals surface area contributed by atoms with Gasteiger partial charge in [0.25, 0.3) is 0 Å². The average molecular weight is 251 g/mol. The number of carbonyl (C=O) groups is 1. The van der Waals surface area contributed by atoms with Crippen molar-refractivity contribution < 1.29 is 14.3 Å². The topological polar surface area (TPSA) is 40.5 Å². The molecule has 98 valence electrons. The van der Waals surface area contributed by atoms with Crippen LogP contribution in [0.4, 0.5) is 10.1 Å². The molecule has 0 aromatic heterocycles. The number of hydrogen-bond acceptors (Lipinski definition) is 2. The van der Waals surface area contributed by atoms with Gasteiger partial charge in [0.2, 0.25) is 0 Å². The first kappa shape index (κ1) is 12.9. The maximum Gasteiger partial charge on any atom is 0.337 e. The third-order valence-electron chi connectivity index (χ3n) is 3.55. The highest BCUT2D eigenvalue weighted by Crippen LogP contribution is 2.26. The summed E-state index contributed by atoms with van der Waals surface area (Å²) in [6.45, 7) is 3.90. The standard InChI is InChI=1S/C14H18FNO2/c1-10-3-2-7-16(8-6-10)13-5-4-11(15)9-12(13)14(17)18/h4-5,9-10H,2-3,6-8H2,1H3,(H,17,18). The molecule has 1 aromatic rings. The van der Waals surface area contributed by atoms with Crippen LogP contribution in [0.5, 0.6) is 0 Å². The number of halogens is 1. The van der Waals surface area contributed by atoms with E-state index < -0.39 is 11.8 Å². The molecule has 1 N–H and O–H groups in total. The van der Waals surface area contributed by atoms with Gasteiger partial charge >= 0.3 is 5.97 Å². The fourth-order valence-electron chi connectivity index (χ4n) is 2.46. The van der Waals surface area contributed by atoms with Gasteiger partial charge in [0.1, 0.15) is 5.82 Å². The van der Waals surface area contributed by atoms with Gasteiger partial charge in [-0.15, -0.1) is 0 Å². The quantitative estimate of drug-likeness (QED) is 0.877. The second-order valence-electron chi connectivity index (χ2n) is 4.99. The van der Waals surface area contributed by atoms with Crippen molar-refractivity contribution in [2.45, 2.75) is 26.2 Å². The molecule has 0 radical (unpaired) electrons. The highest BCUT2D eigenvalue weighted by Gasteiger charge is 2.19. The Morgan fingerprint density at radius 3 is 2.89 bits per heavy atom. The number of rotatable bonds is 2. The summed E-state index contributed by atoms with van der Waals surface area (Å²) >= 11 is 0. The van der Waals surface area contributed by atoms with E-state index >= 15 is 0 Å². The molecule has 1 unspecified atom stereocenters. The first-order chi connectivity index (χ1) is 8.58. The van der Waals surface area contributed by atoms with E-state index in [0.29, 0.717) is 11.6 Å². The maximum atomic E-state index is 13.1. The second-order valence-corrected chi connectivity index (χ2v) is 4.99. The van der Waals surface area contributed by atoms with Gasteiger partial charge in [-0.2, -0.15) is 0 Å². The molecular weight excluding hydrogens is 233 g/mol. The normalized spacial score (nSPS) is 20.6. The van der Waals surface area contributed by atoms with Gasteiger partial charge < -0.3 is 10.0 Å². The summed E-state index contributed by atoms with van der Waals surface area (Å²) in [5, 5.41) is 9.15. The van der Waals surface area contributed by atoms with Crippen LogP contribution in [0, 0.1) is 11.7 Å². The molecule has 0 saturated carbocycles. The summed E-state index contributed by atoms with van der Waals surface area (Å²) in [5.41, 5.74) is 0.697. The van der Waals surface area contributed by atoms with Crippen molar-refractivity contribution in [2.24, 2.45) is 5.92 Å². The van der Waals surface area contributed by atoms with Crippen LogP contribution >= 0.6 is 0 Å². The molecule has 0 bridgehead atoms. The van der Waals surface area contributed by atoms with Crippen LogP contribution in [-0.4, -0.2) is 24.2 Å². The number of carboxylic acid groups (broad SMARTS) is 1. The molecule has 0 amide bonds. The molecule has 0 spiro atoms. The van der Waals surface area contributed by atoms with Crippen LogP contribution in [0.3, 0.4) is 0 Å². The first-order valence-corrected chi connectivity index (χ1v) is 6.35. The number of hydrogen-bond donors (Lipinski definition) is 1. The minimum atomic E-state index is -1.07. The summed E-state index contributed by atoms with van der Waals surface area (Å²) in [7, 11) is 0. The number of benzene rings is 1. The van der Waals surface area contributed by atoms with Crippen molar-refractivity contribution in [1.82, 2.24) is 0 Å². The van der Waals surface area contributed by atoms with Gasteiger partial charge in [-0.25, -0.2) is 9.18 Å². The van der Waals surface area contributed by atoms with Crippen LogP contribution in [0.2, 0.25) is 0 Å². The molecule has 1 fully saturated rings. The second kappa shape index (κ2) is 5.38. The van der Waals surface area contributed by atoms with Crippen LogP contribution in [0.25, 0.3) is 0 Å². The molecule has 1 aliphatic heterocycles. The first-order valence-electron chi connectivity index (χ1n) is 6.35. The highest BCUT2D eigenvalue weighted by atomic mass is 19.1. The summed E-state index contributed by atoms with van der Waals surface area (Å²) in [5.74, 6) is -0.898. The summed E-state index contributed by atoms with van der Waals surface area (Å²) in [6, 6.07) is 4.01. The monoisotopic (exact) mass is 251 g/mol. The van der Waals surface area contributed by atoms with Gasteiger partial charge in [0.05, 0.1) is 11.3 Å². The Labute approximate surface area is 106 Å². The minimum absolute atomic E-state index is 0.0598. The lowest BCUT2D eigenvalue weighted by molar-refractivity contribution is 0.0697. The Morgan fingerprint density at radius 2 is 2.17 bits per heavy atom. The lowest BCUT2D eigenvalue weighted by atomic mass is 10.0. The van der Waals surface area contributed by atoms with E-state index in [2.05, 4.69) is 11.8 Å². The van der Waals surface area contributed by atoms with Gasteiger partial charge in [-0.3, -0.25) is 0 Å². The van der Waals surface area contributed by atoms with Crippen molar-refractivity contribution in [1.29, 1.82) is 0 Å². The van der Waals surface area contributed by atoms with Gasteiger partial charge in [-0.05, 0) is 43.4 Å². The van der Waals surface area contributed by atoms with Crippen molar-refractivity contribution in [3.8, 4) is 0 Å². The van der Waals surface area contributed by atoms with E-state index in [1.165, 1.54) is 12.5 Å². The molecular formula is C14H18FNO2. The Kier molecular flexibility index (Phi) is 3.84. The van der Waals surface area contributed by atoms with Crippen molar-refractivity contribution in [2.75, 3.05) is 18.0 Å². The molecule has 4 heteroatoms. The van der Waals surface area contributed by atoms with Crippen molar-refractivity contribution in [3.05, 3.63) is 29.6 Å². The molecule has 1 heterocycles. The largest absolute Gasteiger partial charge is 0.478 e. The lowest BCUT2D eigenvalue weighted by Gasteiger charge is -2.24. The van der Waals surface area contributed by atoms with E-state index in [1.54, 1.807) is 6.07 Å². The summed E-state index contributed by atoms with van der Waals surface area (Å²) < 4.78 is 13.1. The van der Waals surface area contributed by atoms with Crippen molar-refractivity contribution >= 4 is 11.7 Å². The third-order valence-corrected chi connectivity index (χ3v) is 3.55. The van der Waals surface area contributed by atoms with Crippen LogP contribution < -0.4 is 4.90 Å². The molecule has 1 saturated heterocycles. The van der Waals surface area contributed by atoms with Crippen LogP contribution in [0.1, 0.15) is 36.5 Å². The van der Waals surface area contributed by atoms with Gasteiger partial charge in [-0.1, -0.05) is 6.92 Å². The molecule has 1 atom stereocenters. The number of aromatic carboxylic acids is 1. The zero-order valence-electron chi connectivity index (χ0n) is 10.5. The average Bonchev–Trinajstić information content (AvgIpc) is 2.54. The smallest absolute Gasteiger partial charge is 0.337 e. The van der Waals surface area contributed by atoms with E-state index in [9.17, 15) is 9.18 Å². The Hall–Kier alpha value is -1.58. The van der Waals surface area contributed by atoms with E-state index in [0.717, 1.165) is 32.0 Å².